The number of benzene rings is 1. The van der Waals surface area contributed by atoms with Gasteiger partial charge in [0.1, 0.15) is 18.8 Å². The SMILES string of the molecule is CCOOCC1OC1C(=O)N[C@@H](CC(C)C)C(=O)N1CCN(Cc2ccc(OC)c(OC)c2OC)CC1. The van der Waals surface area contributed by atoms with Crippen LogP contribution in [0, 0.1) is 5.92 Å². The van der Waals surface area contributed by atoms with Crippen molar-refractivity contribution in [1.82, 2.24) is 15.1 Å². The summed E-state index contributed by atoms with van der Waals surface area (Å²) < 4.78 is 21.9. The van der Waals surface area contributed by atoms with E-state index in [9.17, 15) is 9.59 Å². The molecule has 2 saturated heterocycles. The van der Waals surface area contributed by atoms with E-state index in [1.165, 1.54) is 0 Å². The zero-order valence-corrected chi connectivity index (χ0v) is 22.8. The number of ether oxygens (including phenoxy) is 4. The van der Waals surface area contributed by atoms with Crippen LogP contribution >= 0.6 is 0 Å². The van der Waals surface area contributed by atoms with Gasteiger partial charge in [0.2, 0.25) is 11.7 Å². The van der Waals surface area contributed by atoms with Crippen LogP contribution in [-0.4, -0.2) is 101 Å². The molecule has 2 amide bonds. The molecular weight excluding hydrogens is 482 g/mol. The van der Waals surface area contributed by atoms with Crippen molar-refractivity contribution in [2.75, 3.05) is 60.7 Å². The molecule has 0 spiro atoms. The number of nitrogens with one attached hydrogen (secondary N) is 1. The summed E-state index contributed by atoms with van der Waals surface area (Å²) >= 11 is 0. The molecule has 11 heteroatoms. The third kappa shape index (κ3) is 7.70. The van der Waals surface area contributed by atoms with E-state index in [4.69, 9.17) is 28.7 Å². The number of piperazine rings is 1. The predicted octanol–water partition coefficient (Wildman–Crippen LogP) is 1.62. The highest BCUT2D eigenvalue weighted by Gasteiger charge is 2.46. The maximum atomic E-state index is 13.4. The van der Waals surface area contributed by atoms with Crippen molar-refractivity contribution in [3.8, 4) is 17.2 Å². The average molecular weight is 524 g/mol. The first-order valence-electron chi connectivity index (χ1n) is 12.8. The van der Waals surface area contributed by atoms with Crippen LogP contribution in [0.1, 0.15) is 32.8 Å². The van der Waals surface area contributed by atoms with E-state index in [0.717, 1.165) is 5.56 Å². The lowest BCUT2D eigenvalue weighted by Gasteiger charge is -2.37. The largest absolute Gasteiger partial charge is 0.493 e. The number of nitrogens with zero attached hydrogens (tertiary/aromatic N) is 2. The molecule has 2 aliphatic heterocycles. The Labute approximate surface area is 219 Å². The Bertz CT molecular complexity index is 904. The summed E-state index contributed by atoms with van der Waals surface area (Å²) in [6.45, 7) is 9.69. The van der Waals surface area contributed by atoms with Gasteiger partial charge in [0.15, 0.2) is 17.6 Å². The van der Waals surface area contributed by atoms with Gasteiger partial charge >= 0.3 is 0 Å². The second kappa shape index (κ2) is 13.8. The first-order chi connectivity index (χ1) is 17.8. The van der Waals surface area contributed by atoms with Crippen molar-refractivity contribution >= 4 is 11.8 Å². The molecule has 1 N–H and O–H groups in total. The molecule has 2 aliphatic rings. The fourth-order valence-electron chi connectivity index (χ4n) is 4.52. The van der Waals surface area contributed by atoms with E-state index in [-0.39, 0.29) is 30.4 Å². The van der Waals surface area contributed by atoms with E-state index in [0.29, 0.717) is 63.0 Å². The third-order valence-electron chi connectivity index (χ3n) is 6.46. The smallest absolute Gasteiger partial charge is 0.252 e. The number of methoxy groups -OCH3 is 3. The fraction of sp³-hybridized carbons (Fsp3) is 0.692. The maximum absolute atomic E-state index is 13.4. The first-order valence-corrected chi connectivity index (χ1v) is 12.8. The second-order valence-electron chi connectivity index (χ2n) is 9.57. The molecule has 0 radical (unpaired) electrons. The molecule has 0 aliphatic carbocycles. The number of epoxide rings is 1. The minimum absolute atomic E-state index is 0.0619. The van der Waals surface area contributed by atoms with Gasteiger partial charge in [0.05, 0.1) is 27.9 Å². The Balaban J connectivity index is 1.55. The number of rotatable bonds is 14. The van der Waals surface area contributed by atoms with Crippen LogP contribution in [-0.2, 0) is 30.6 Å². The van der Waals surface area contributed by atoms with Crippen LogP contribution in [0.4, 0.5) is 0 Å². The molecular formula is C26H41N3O8. The van der Waals surface area contributed by atoms with Crippen molar-refractivity contribution in [2.24, 2.45) is 5.92 Å². The van der Waals surface area contributed by atoms with Crippen LogP contribution in [0.5, 0.6) is 17.2 Å². The minimum Gasteiger partial charge on any atom is -0.493 e. The second-order valence-corrected chi connectivity index (χ2v) is 9.57. The highest BCUT2D eigenvalue weighted by atomic mass is 17.2. The molecule has 0 bridgehead atoms. The molecule has 3 atom stereocenters. The quantitative estimate of drug-likeness (QED) is 0.168. The molecule has 1 aromatic carbocycles. The molecule has 0 saturated carbocycles. The van der Waals surface area contributed by atoms with E-state index in [2.05, 4.69) is 10.2 Å². The monoisotopic (exact) mass is 523 g/mol. The summed E-state index contributed by atoms with van der Waals surface area (Å²) in [5, 5.41) is 2.91. The summed E-state index contributed by atoms with van der Waals surface area (Å²) in [5.41, 5.74) is 0.983. The van der Waals surface area contributed by atoms with Crippen molar-refractivity contribution in [3.63, 3.8) is 0 Å². The summed E-state index contributed by atoms with van der Waals surface area (Å²) in [4.78, 5) is 40.0. The van der Waals surface area contributed by atoms with Gasteiger partial charge in [0, 0.05) is 38.3 Å². The Morgan fingerprint density at radius 1 is 1.03 bits per heavy atom. The van der Waals surface area contributed by atoms with Crippen LogP contribution in [0.15, 0.2) is 12.1 Å². The molecule has 3 rings (SSSR count). The number of amides is 2. The Hall–Kier alpha value is -2.60. The predicted molar refractivity (Wildman–Crippen MR) is 136 cm³/mol. The van der Waals surface area contributed by atoms with Crippen molar-refractivity contribution in [2.45, 2.75) is 52.0 Å². The van der Waals surface area contributed by atoms with Crippen LogP contribution in [0.3, 0.4) is 0 Å². The molecule has 0 aromatic heterocycles. The lowest BCUT2D eigenvalue weighted by atomic mass is 10.0. The van der Waals surface area contributed by atoms with Gasteiger partial charge < -0.3 is 29.2 Å². The number of hydrogen-bond donors (Lipinski definition) is 1. The van der Waals surface area contributed by atoms with Gasteiger partial charge in [-0.05, 0) is 25.3 Å². The molecule has 2 heterocycles. The first kappa shape index (κ1) is 29.0. The zero-order chi connectivity index (χ0) is 26.9. The van der Waals surface area contributed by atoms with E-state index < -0.39 is 12.1 Å². The number of carbonyl (C=O) groups excluding carboxylic acids is 2. The van der Waals surface area contributed by atoms with Gasteiger partial charge in [-0.3, -0.25) is 14.5 Å². The molecule has 1 aromatic rings. The van der Waals surface area contributed by atoms with Crippen LogP contribution in [0.25, 0.3) is 0 Å². The van der Waals surface area contributed by atoms with E-state index >= 15 is 0 Å². The Morgan fingerprint density at radius 2 is 1.73 bits per heavy atom. The lowest BCUT2D eigenvalue weighted by Crippen LogP contribution is -2.55. The van der Waals surface area contributed by atoms with Crippen LogP contribution in [0.2, 0.25) is 0 Å². The van der Waals surface area contributed by atoms with Gasteiger partial charge in [-0.25, -0.2) is 9.78 Å². The lowest BCUT2D eigenvalue weighted by molar-refractivity contribution is -0.292. The number of carbonyl (C=O) groups is 2. The molecule has 208 valence electrons. The van der Waals surface area contributed by atoms with Gasteiger partial charge in [-0.15, -0.1) is 0 Å². The molecule has 2 unspecified atom stereocenters. The maximum Gasteiger partial charge on any atom is 0.252 e. The zero-order valence-electron chi connectivity index (χ0n) is 22.8. The van der Waals surface area contributed by atoms with Gasteiger partial charge in [0.25, 0.3) is 5.91 Å². The average Bonchev–Trinajstić information content (AvgIpc) is 3.67. The van der Waals surface area contributed by atoms with Crippen molar-refractivity contribution < 1.29 is 38.3 Å². The molecule has 37 heavy (non-hydrogen) atoms. The highest BCUT2D eigenvalue weighted by Crippen LogP contribution is 2.40. The number of hydrogen-bond acceptors (Lipinski definition) is 9. The van der Waals surface area contributed by atoms with Crippen LogP contribution < -0.4 is 19.5 Å². The van der Waals surface area contributed by atoms with Crippen molar-refractivity contribution in [1.29, 1.82) is 0 Å². The fourth-order valence-corrected chi connectivity index (χ4v) is 4.52. The van der Waals surface area contributed by atoms with E-state index in [1.54, 1.807) is 21.3 Å². The van der Waals surface area contributed by atoms with Gasteiger partial charge in [-0.1, -0.05) is 19.9 Å². The standard InChI is InChI=1S/C26H41N3O8/c1-7-35-36-16-21-24(37-21)25(30)27-19(14-17(2)3)26(31)29-12-10-28(11-13-29)15-18-8-9-20(32-4)23(34-6)22(18)33-5/h8-9,17,19,21,24H,7,10-16H2,1-6H3,(H,27,30)/t19-,21?,24?/m0/s1. The summed E-state index contributed by atoms with van der Waals surface area (Å²) in [5.74, 6) is 1.71. The normalized spacial score (nSPS) is 20.5. The van der Waals surface area contributed by atoms with E-state index in [1.807, 2.05) is 37.8 Å². The Morgan fingerprint density at radius 3 is 2.32 bits per heavy atom. The highest BCUT2D eigenvalue weighted by molar-refractivity contribution is 5.90. The third-order valence-corrected chi connectivity index (χ3v) is 6.46. The Kier molecular flexibility index (Phi) is 10.8. The molecule has 11 nitrogen and oxygen atoms in total. The molecule has 2 fully saturated rings. The summed E-state index contributed by atoms with van der Waals surface area (Å²) in [6.07, 6.45) is -0.407. The van der Waals surface area contributed by atoms with Crippen molar-refractivity contribution in [3.05, 3.63) is 17.7 Å². The topological polar surface area (TPSA) is 111 Å². The summed E-state index contributed by atoms with van der Waals surface area (Å²) in [6, 6.07) is 3.24. The van der Waals surface area contributed by atoms with Gasteiger partial charge in [-0.2, -0.15) is 0 Å². The summed E-state index contributed by atoms with van der Waals surface area (Å²) in [7, 11) is 4.79. The minimum atomic E-state index is -0.615.